The van der Waals surface area contributed by atoms with E-state index in [9.17, 15) is 0 Å². The summed E-state index contributed by atoms with van der Waals surface area (Å²) in [5.41, 5.74) is 13.7. The molecular formula is C76H50N2. The third-order valence-electron chi connectivity index (χ3n) is 15.9. The van der Waals surface area contributed by atoms with Gasteiger partial charge in [0, 0.05) is 33.5 Å². The molecule has 0 aliphatic rings. The van der Waals surface area contributed by atoms with E-state index in [0.29, 0.717) is 0 Å². The molecule has 364 valence electrons. The number of para-hydroxylation sites is 2. The van der Waals surface area contributed by atoms with Gasteiger partial charge in [-0.05, 0) is 165 Å². The first kappa shape index (κ1) is 45.1. The maximum atomic E-state index is 2.47. The van der Waals surface area contributed by atoms with E-state index < -0.39 is 0 Å². The van der Waals surface area contributed by atoms with Crippen molar-refractivity contribution in [2.45, 2.75) is 0 Å². The van der Waals surface area contributed by atoms with Gasteiger partial charge in [0.1, 0.15) is 0 Å². The Kier molecular flexibility index (Phi) is 10.9. The molecule has 0 heterocycles. The smallest absolute Gasteiger partial charge is 0.0546 e. The van der Waals surface area contributed by atoms with Gasteiger partial charge in [-0.3, -0.25) is 0 Å². The summed E-state index contributed by atoms with van der Waals surface area (Å²) < 4.78 is 0. The maximum Gasteiger partial charge on any atom is 0.0546 e. The fraction of sp³-hybridized carbons (Fsp3) is 0. The molecule has 0 saturated carbocycles. The molecule has 0 unspecified atom stereocenters. The van der Waals surface area contributed by atoms with E-state index in [0.717, 1.165) is 45.3 Å². The predicted molar refractivity (Wildman–Crippen MR) is 335 cm³/mol. The van der Waals surface area contributed by atoms with E-state index in [2.05, 4.69) is 313 Å². The zero-order valence-corrected chi connectivity index (χ0v) is 42.8. The number of hydrogen-bond donors (Lipinski definition) is 0. The molecule has 0 aliphatic carbocycles. The van der Waals surface area contributed by atoms with Crippen LogP contribution < -0.4 is 9.80 Å². The largest absolute Gasteiger partial charge is 0.310 e. The van der Waals surface area contributed by atoms with Gasteiger partial charge < -0.3 is 9.80 Å². The second kappa shape index (κ2) is 18.8. The summed E-state index contributed by atoms with van der Waals surface area (Å²) in [6.45, 7) is 0. The summed E-state index contributed by atoms with van der Waals surface area (Å²) >= 11 is 0. The standard InChI is InChI=1S/C76H50N2/c1-4-22-51(23-5-1)70-50-71(52-40-44-58(45-41-52)77(56-26-6-2-7-27-56)72-48-54-24-10-12-30-60(54)62-32-14-18-36-66(62)72)75-68-38-20-16-34-64(68)65-35-17-21-39-69(65)76(75)74(70)53-42-46-59(47-43-53)78(57-28-8-3-9-29-57)73-49-55-25-11-13-31-61(55)63-33-15-19-37-67(63)73/h1-50H. The summed E-state index contributed by atoms with van der Waals surface area (Å²) in [5.74, 6) is 0. The minimum absolute atomic E-state index is 1.09. The fourth-order valence-corrected chi connectivity index (χ4v) is 12.5. The lowest BCUT2D eigenvalue weighted by molar-refractivity contribution is 1.30. The van der Waals surface area contributed by atoms with Gasteiger partial charge in [-0.25, -0.2) is 0 Å². The van der Waals surface area contributed by atoms with Crippen molar-refractivity contribution in [1.82, 2.24) is 0 Å². The lowest BCUT2D eigenvalue weighted by Crippen LogP contribution is -2.10. The molecule has 0 N–H and O–H groups in total. The van der Waals surface area contributed by atoms with Crippen molar-refractivity contribution in [1.29, 1.82) is 0 Å². The van der Waals surface area contributed by atoms with Crippen LogP contribution >= 0.6 is 0 Å². The SMILES string of the molecule is c1ccc(-c2cc(-c3ccc(N(c4ccccc4)c4cc5ccccc5c5ccccc45)cc3)c3c4ccccc4c4ccccc4c3c2-c2ccc(N(c3ccccc3)c3cc4ccccc4c4ccccc34)cc2)cc1. The molecule has 0 aliphatic heterocycles. The van der Waals surface area contributed by atoms with Gasteiger partial charge in [0.15, 0.2) is 0 Å². The topological polar surface area (TPSA) is 6.48 Å². The Morgan fingerprint density at radius 1 is 0.192 bits per heavy atom. The van der Waals surface area contributed by atoms with Gasteiger partial charge >= 0.3 is 0 Å². The van der Waals surface area contributed by atoms with Crippen LogP contribution in [0.15, 0.2) is 303 Å². The third-order valence-corrected chi connectivity index (χ3v) is 15.9. The second-order valence-corrected chi connectivity index (χ2v) is 20.3. The van der Waals surface area contributed by atoms with Crippen LogP contribution in [0.1, 0.15) is 0 Å². The van der Waals surface area contributed by atoms with Crippen molar-refractivity contribution in [3.8, 4) is 33.4 Å². The molecule has 0 saturated heterocycles. The first-order valence-corrected chi connectivity index (χ1v) is 26.9. The van der Waals surface area contributed by atoms with Crippen molar-refractivity contribution in [3.63, 3.8) is 0 Å². The molecule has 15 rings (SSSR count). The first-order valence-electron chi connectivity index (χ1n) is 26.9. The van der Waals surface area contributed by atoms with E-state index in [1.165, 1.54) is 97.7 Å². The maximum absolute atomic E-state index is 2.47. The Balaban J connectivity index is 0.958. The van der Waals surface area contributed by atoms with Gasteiger partial charge in [0.2, 0.25) is 0 Å². The normalized spacial score (nSPS) is 11.6. The van der Waals surface area contributed by atoms with E-state index in [1.54, 1.807) is 0 Å². The van der Waals surface area contributed by atoms with E-state index in [-0.39, 0.29) is 0 Å². The monoisotopic (exact) mass is 990 g/mol. The van der Waals surface area contributed by atoms with Crippen LogP contribution in [-0.4, -0.2) is 0 Å². The summed E-state index contributed by atoms with van der Waals surface area (Å²) in [6, 6.07) is 112. The zero-order chi connectivity index (χ0) is 51.5. The number of benzene rings is 15. The van der Waals surface area contributed by atoms with Crippen molar-refractivity contribution < 1.29 is 0 Å². The lowest BCUT2D eigenvalue weighted by atomic mass is 9.81. The molecular weight excluding hydrogens is 941 g/mol. The number of rotatable bonds is 9. The van der Waals surface area contributed by atoms with Crippen molar-refractivity contribution >= 4 is 110 Å². The quantitative estimate of drug-likeness (QED) is 0.133. The molecule has 2 heteroatoms. The van der Waals surface area contributed by atoms with E-state index in [1.807, 2.05) is 0 Å². The molecule has 0 bridgehead atoms. The minimum atomic E-state index is 1.09. The summed E-state index contributed by atoms with van der Waals surface area (Å²) in [4.78, 5) is 4.84. The fourth-order valence-electron chi connectivity index (χ4n) is 12.5. The Hall–Kier alpha value is -10.3. The molecule has 15 aromatic carbocycles. The van der Waals surface area contributed by atoms with E-state index >= 15 is 0 Å². The van der Waals surface area contributed by atoms with Crippen LogP contribution in [0.2, 0.25) is 0 Å². The van der Waals surface area contributed by atoms with Gasteiger partial charge in [-0.2, -0.15) is 0 Å². The van der Waals surface area contributed by atoms with E-state index in [4.69, 9.17) is 0 Å². The van der Waals surface area contributed by atoms with Crippen LogP contribution in [-0.2, 0) is 0 Å². The lowest BCUT2D eigenvalue weighted by Gasteiger charge is -2.28. The van der Waals surface area contributed by atoms with Gasteiger partial charge in [0.05, 0.1) is 11.4 Å². The number of fused-ring (bicyclic) bond motifs is 12. The molecule has 0 aromatic heterocycles. The highest BCUT2D eigenvalue weighted by molar-refractivity contribution is 6.33. The Morgan fingerprint density at radius 3 is 0.974 bits per heavy atom. The van der Waals surface area contributed by atoms with Gasteiger partial charge in [-0.1, -0.05) is 237 Å². The van der Waals surface area contributed by atoms with Crippen LogP contribution in [0, 0.1) is 0 Å². The van der Waals surface area contributed by atoms with Gasteiger partial charge in [0.25, 0.3) is 0 Å². The van der Waals surface area contributed by atoms with Crippen LogP contribution in [0.4, 0.5) is 34.1 Å². The summed E-state index contributed by atoms with van der Waals surface area (Å²) in [7, 11) is 0. The van der Waals surface area contributed by atoms with Crippen molar-refractivity contribution in [2.75, 3.05) is 9.80 Å². The number of hydrogen-bond acceptors (Lipinski definition) is 2. The number of anilines is 6. The Bertz CT molecular complexity index is 4760. The average molecular weight is 991 g/mol. The van der Waals surface area contributed by atoms with Crippen LogP contribution in [0.25, 0.3) is 109 Å². The first-order chi connectivity index (χ1) is 38.7. The molecule has 0 radical (unpaired) electrons. The number of nitrogens with zero attached hydrogens (tertiary/aromatic N) is 2. The summed E-state index contributed by atoms with van der Waals surface area (Å²) in [5, 5.41) is 17.3. The Morgan fingerprint density at radius 2 is 0.513 bits per heavy atom. The van der Waals surface area contributed by atoms with Crippen molar-refractivity contribution in [2.24, 2.45) is 0 Å². The average Bonchev–Trinajstić information content (AvgIpc) is 3.69. The minimum Gasteiger partial charge on any atom is -0.310 e. The molecule has 0 atom stereocenters. The Labute approximate surface area is 453 Å². The molecule has 15 aromatic rings. The van der Waals surface area contributed by atoms with Crippen LogP contribution in [0.3, 0.4) is 0 Å². The molecule has 0 spiro atoms. The highest BCUT2D eigenvalue weighted by Gasteiger charge is 2.24. The molecule has 2 nitrogen and oxygen atoms in total. The highest BCUT2D eigenvalue weighted by Crippen LogP contribution is 2.51. The third kappa shape index (κ3) is 7.49. The highest BCUT2D eigenvalue weighted by atomic mass is 15.1. The zero-order valence-electron chi connectivity index (χ0n) is 42.8. The predicted octanol–water partition coefficient (Wildman–Crippen LogP) is 21.7. The summed E-state index contributed by atoms with van der Waals surface area (Å²) in [6.07, 6.45) is 0. The van der Waals surface area contributed by atoms with Crippen LogP contribution in [0.5, 0.6) is 0 Å². The molecule has 78 heavy (non-hydrogen) atoms. The van der Waals surface area contributed by atoms with Gasteiger partial charge in [-0.15, -0.1) is 0 Å². The second-order valence-electron chi connectivity index (χ2n) is 20.3. The van der Waals surface area contributed by atoms with Crippen molar-refractivity contribution in [3.05, 3.63) is 303 Å². The molecule has 0 fully saturated rings. The molecule has 0 amide bonds.